The van der Waals surface area contributed by atoms with Crippen LogP contribution in [0.25, 0.3) is 0 Å². The predicted octanol–water partition coefficient (Wildman–Crippen LogP) is 3.01. The van der Waals surface area contributed by atoms with E-state index in [-0.39, 0.29) is 23.6 Å². The number of benzene rings is 1. The van der Waals surface area contributed by atoms with Crippen LogP contribution in [-0.2, 0) is 11.2 Å². The highest BCUT2D eigenvalue weighted by molar-refractivity contribution is 8.15. The van der Waals surface area contributed by atoms with E-state index in [4.69, 9.17) is 11.6 Å². The quantitative estimate of drug-likeness (QED) is 0.840. The van der Waals surface area contributed by atoms with Crippen LogP contribution in [0.5, 0.6) is 0 Å². The van der Waals surface area contributed by atoms with Gasteiger partial charge >= 0.3 is 0 Å². The number of carbonyl (C=O) groups is 1. The largest absolute Gasteiger partial charge is 0.291 e. The second kappa shape index (κ2) is 6.16. The molecule has 19 heavy (non-hydrogen) atoms. The molecule has 2 aliphatic rings. The Balaban J connectivity index is 0.00000133. The number of fused-ring (bicyclic) bond motifs is 1. The smallest absolute Gasteiger partial charge is 0.242 e. The van der Waals surface area contributed by atoms with Crippen molar-refractivity contribution in [3.05, 3.63) is 34.9 Å². The first-order valence-electron chi connectivity index (χ1n) is 6.01. The van der Waals surface area contributed by atoms with Crippen LogP contribution in [0, 0.1) is 0 Å². The Morgan fingerprint density at radius 3 is 2.79 bits per heavy atom. The molecule has 0 aliphatic carbocycles. The minimum atomic E-state index is -0.0250. The van der Waals surface area contributed by atoms with Gasteiger partial charge in [0.25, 0.3) is 0 Å². The second-order valence-corrected chi connectivity index (χ2v) is 6.05. The SMILES string of the molecule is Cl.O=C1C(Cc2ccc(Cl)cc2)SC2=NCCCN12. The lowest BCUT2D eigenvalue weighted by molar-refractivity contribution is -0.126. The standard InChI is InChI=1S/C13H13ClN2OS.ClH/c14-10-4-2-9(3-5-10)8-11-12(17)16-7-1-6-15-13(16)18-11;/h2-5,11H,1,6-8H2;1H. The molecule has 0 radical (unpaired) electrons. The van der Waals surface area contributed by atoms with Crippen LogP contribution >= 0.6 is 35.8 Å². The first-order valence-corrected chi connectivity index (χ1v) is 7.27. The number of halogens is 2. The molecule has 1 saturated heterocycles. The van der Waals surface area contributed by atoms with E-state index in [1.165, 1.54) is 0 Å². The zero-order valence-corrected chi connectivity index (χ0v) is 12.6. The Morgan fingerprint density at radius 2 is 2.11 bits per heavy atom. The van der Waals surface area contributed by atoms with Gasteiger partial charge in [-0.25, -0.2) is 0 Å². The van der Waals surface area contributed by atoms with E-state index in [2.05, 4.69) is 4.99 Å². The fourth-order valence-corrected chi connectivity index (χ4v) is 3.56. The van der Waals surface area contributed by atoms with E-state index in [1.807, 2.05) is 29.2 Å². The Morgan fingerprint density at radius 1 is 1.37 bits per heavy atom. The summed E-state index contributed by atoms with van der Waals surface area (Å²) in [6, 6.07) is 7.70. The molecule has 1 fully saturated rings. The number of thioether (sulfide) groups is 1. The lowest BCUT2D eigenvalue weighted by atomic mass is 10.1. The lowest BCUT2D eigenvalue weighted by Crippen LogP contribution is -2.36. The number of amidine groups is 1. The minimum Gasteiger partial charge on any atom is -0.291 e. The number of hydrogen-bond donors (Lipinski definition) is 0. The molecule has 6 heteroatoms. The van der Waals surface area contributed by atoms with Crippen LogP contribution in [0.2, 0.25) is 5.02 Å². The molecule has 0 N–H and O–H groups in total. The van der Waals surface area contributed by atoms with Gasteiger partial charge in [0.15, 0.2) is 5.17 Å². The molecule has 3 rings (SSSR count). The molecule has 1 atom stereocenters. The molecule has 1 aromatic carbocycles. The van der Waals surface area contributed by atoms with Crippen molar-refractivity contribution in [1.29, 1.82) is 0 Å². The Hall–Kier alpha value is -0.710. The Labute approximate surface area is 127 Å². The zero-order valence-electron chi connectivity index (χ0n) is 10.2. The van der Waals surface area contributed by atoms with Gasteiger partial charge in [0.2, 0.25) is 5.91 Å². The molecule has 2 aliphatic heterocycles. The van der Waals surface area contributed by atoms with Crippen molar-refractivity contribution in [1.82, 2.24) is 4.90 Å². The van der Waals surface area contributed by atoms with Crippen LogP contribution in [0.15, 0.2) is 29.3 Å². The monoisotopic (exact) mass is 316 g/mol. The van der Waals surface area contributed by atoms with Gasteiger partial charge in [-0.05, 0) is 30.5 Å². The van der Waals surface area contributed by atoms with Gasteiger partial charge in [0.1, 0.15) is 0 Å². The molecule has 0 bridgehead atoms. The first kappa shape index (κ1) is 14.7. The third-order valence-corrected chi connectivity index (χ3v) is 4.61. The van der Waals surface area contributed by atoms with E-state index in [0.29, 0.717) is 0 Å². The van der Waals surface area contributed by atoms with E-state index in [0.717, 1.165) is 41.7 Å². The zero-order chi connectivity index (χ0) is 12.5. The molecule has 0 aromatic heterocycles. The summed E-state index contributed by atoms with van der Waals surface area (Å²) in [5, 5.41) is 1.61. The van der Waals surface area contributed by atoms with Crippen LogP contribution in [0.4, 0.5) is 0 Å². The van der Waals surface area contributed by atoms with Gasteiger partial charge in [-0.15, -0.1) is 12.4 Å². The van der Waals surface area contributed by atoms with Crippen molar-refractivity contribution in [2.24, 2.45) is 4.99 Å². The molecule has 1 unspecified atom stereocenters. The second-order valence-electron chi connectivity index (χ2n) is 4.44. The maximum Gasteiger partial charge on any atom is 0.242 e. The lowest BCUT2D eigenvalue weighted by Gasteiger charge is -2.19. The molecule has 2 heterocycles. The molecule has 0 spiro atoms. The van der Waals surface area contributed by atoms with Crippen molar-refractivity contribution in [3.8, 4) is 0 Å². The van der Waals surface area contributed by atoms with Crippen LogP contribution in [0.1, 0.15) is 12.0 Å². The van der Waals surface area contributed by atoms with Crippen molar-refractivity contribution < 1.29 is 4.79 Å². The summed E-state index contributed by atoms with van der Waals surface area (Å²) in [6.45, 7) is 1.67. The number of rotatable bonds is 2. The van der Waals surface area contributed by atoms with Crippen molar-refractivity contribution in [2.75, 3.05) is 13.1 Å². The Kier molecular flexibility index (Phi) is 4.76. The van der Waals surface area contributed by atoms with Gasteiger partial charge in [0, 0.05) is 18.1 Å². The third-order valence-electron chi connectivity index (χ3n) is 3.14. The highest BCUT2D eigenvalue weighted by atomic mass is 35.5. The summed E-state index contributed by atoms with van der Waals surface area (Å²) in [7, 11) is 0. The van der Waals surface area contributed by atoms with E-state index in [1.54, 1.807) is 11.8 Å². The molecule has 102 valence electrons. The van der Waals surface area contributed by atoms with Crippen LogP contribution < -0.4 is 0 Å². The van der Waals surface area contributed by atoms with Crippen LogP contribution in [-0.4, -0.2) is 34.3 Å². The third kappa shape index (κ3) is 3.07. The summed E-state index contributed by atoms with van der Waals surface area (Å²) < 4.78 is 0. The maximum absolute atomic E-state index is 12.2. The van der Waals surface area contributed by atoms with Gasteiger partial charge in [-0.1, -0.05) is 35.5 Å². The highest BCUT2D eigenvalue weighted by Crippen LogP contribution is 2.31. The summed E-state index contributed by atoms with van der Waals surface area (Å²) in [5.41, 5.74) is 1.14. The number of carbonyl (C=O) groups excluding carboxylic acids is 1. The number of amides is 1. The summed E-state index contributed by atoms with van der Waals surface area (Å²) >= 11 is 7.45. The molecular weight excluding hydrogens is 303 g/mol. The molecule has 1 aromatic rings. The minimum absolute atomic E-state index is 0. The van der Waals surface area contributed by atoms with Gasteiger partial charge in [-0.2, -0.15) is 0 Å². The normalized spacial score (nSPS) is 21.7. The molecule has 1 amide bonds. The van der Waals surface area contributed by atoms with E-state index < -0.39 is 0 Å². The van der Waals surface area contributed by atoms with Crippen molar-refractivity contribution >= 4 is 46.8 Å². The van der Waals surface area contributed by atoms with E-state index >= 15 is 0 Å². The summed E-state index contributed by atoms with van der Waals surface area (Å²) in [4.78, 5) is 18.4. The fourth-order valence-electron chi connectivity index (χ4n) is 2.20. The topological polar surface area (TPSA) is 32.7 Å². The summed E-state index contributed by atoms with van der Waals surface area (Å²) in [6.07, 6.45) is 1.72. The first-order chi connectivity index (χ1) is 8.74. The van der Waals surface area contributed by atoms with Crippen molar-refractivity contribution in [3.63, 3.8) is 0 Å². The van der Waals surface area contributed by atoms with Gasteiger partial charge in [-0.3, -0.25) is 14.7 Å². The number of aliphatic imine (C=N–C) groups is 1. The Bertz CT molecular complexity index is 504. The van der Waals surface area contributed by atoms with Gasteiger partial charge in [0.05, 0.1) is 5.25 Å². The number of hydrogen-bond acceptors (Lipinski definition) is 3. The molecular formula is C13H14Cl2N2OS. The average Bonchev–Trinajstić information content (AvgIpc) is 2.70. The summed E-state index contributed by atoms with van der Waals surface area (Å²) in [5.74, 6) is 0.202. The highest BCUT2D eigenvalue weighted by Gasteiger charge is 2.38. The van der Waals surface area contributed by atoms with Crippen molar-refractivity contribution in [2.45, 2.75) is 18.1 Å². The predicted molar refractivity (Wildman–Crippen MR) is 82.4 cm³/mol. The van der Waals surface area contributed by atoms with Crippen LogP contribution in [0.3, 0.4) is 0 Å². The fraction of sp³-hybridized carbons (Fsp3) is 0.385. The molecule has 0 saturated carbocycles. The number of nitrogens with zero attached hydrogens (tertiary/aromatic N) is 2. The molecule has 3 nitrogen and oxygen atoms in total. The maximum atomic E-state index is 12.2. The average molecular weight is 317 g/mol. The van der Waals surface area contributed by atoms with Gasteiger partial charge < -0.3 is 0 Å². The van der Waals surface area contributed by atoms with E-state index in [9.17, 15) is 4.79 Å².